The van der Waals surface area contributed by atoms with Crippen molar-refractivity contribution in [3.05, 3.63) is 47.7 Å². The summed E-state index contributed by atoms with van der Waals surface area (Å²) >= 11 is 0. The van der Waals surface area contributed by atoms with Crippen LogP contribution in [0.15, 0.2) is 36.4 Å². The minimum Gasteiger partial charge on any atom is -0.462 e. The van der Waals surface area contributed by atoms with Gasteiger partial charge in [0.25, 0.3) is 0 Å². The zero-order chi connectivity index (χ0) is 15.0. The standard InChI is InChI=1S/C17H17NO3/c1-3-21-17(20)16-14(10-19)18(2)13-9-8-11-6-4-5-7-12(11)15(13)16/h4-9,19H,3,10H2,1-2H3. The molecule has 1 N–H and O–H groups in total. The molecule has 3 rings (SSSR count). The average molecular weight is 283 g/mol. The average Bonchev–Trinajstić information content (AvgIpc) is 2.80. The number of aliphatic hydroxyl groups excluding tert-OH is 1. The Morgan fingerprint density at radius 1 is 1.24 bits per heavy atom. The van der Waals surface area contributed by atoms with E-state index in [0.717, 1.165) is 21.7 Å². The molecule has 0 fully saturated rings. The molecule has 0 amide bonds. The molecule has 0 saturated carbocycles. The van der Waals surface area contributed by atoms with Gasteiger partial charge in [-0.3, -0.25) is 0 Å². The zero-order valence-corrected chi connectivity index (χ0v) is 12.1. The van der Waals surface area contributed by atoms with Crippen LogP contribution in [0.1, 0.15) is 23.0 Å². The fraction of sp³-hybridized carbons (Fsp3) is 0.235. The number of esters is 1. The largest absolute Gasteiger partial charge is 0.462 e. The number of hydrogen-bond donors (Lipinski definition) is 1. The summed E-state index contributed by atoms with van der Waals surface area (Å²) in [6.45, 7) is 1.89. The van der Waals surface area contributed by atoms with Crippen LogP contribution in [0.25, 0.3) is 21.7 Å². The van der Waals surface area contributed by atoms with E-state index in [1.54, 1.807) is 6.92 Å². The van der Waals surface area contributed by atoms with Gasteiger partial charge in [-0.2, -0.15) is 0 Å². The van der Waals surface area contributed by atoms with Crippen molar-refractivity contribution in [2.45, 2.75) is 13.5 Å². The van der Waals surface area contributed by atoms with Crippen LogP contribution in [-0.4, -0.2) is 22.2 Å². The smallest absolute Gasteiger partial charge is 0.340 e. The summed E-state index contributed by atoms with van der Waals surface area (Å²) in [5.41, 5.74) is 1.97. The van der Waals surface area contributed by atoms with Gasteiger partial charge in [-0.15, -0.1) is 0 Å². The molecule has 3 aromatic rings. The van der Waals surface area contributed by atoms with E-state index in [0.29, 0.717) is 17.9 Å². The quantitative estimate of drug-likeness (QED) is 0.752. The van der Waals surface area contributed by atoms with Crippen molar-refractivity contribution in [1.82, 2.24) is 4.57 Å². The highest BCUT2D eigenvalue weighted by Gasteiger charge is 2.23. The normalized spacial score (nSPS) is 11.2. The third kappa shape index (κ3) is 1.99. The molecule has 0 aliphatic carbocycles. The molecule has 21 heavy (non-hydrogen) atoms. The number of aliphatic hydroxyl groups is 1. The molecular formula is C17H17NO3. The number of nitrogens with zero attached hydrogens (tertiary/aromatic N) is 1. The highest BCUT2D eigenvalue weighted by atomic mass is 16.5. The van der Waals surface area contributed by atoms with Crippen LogP contribution in [0.3, 0.4) is 0 Å². The third-order valence-corrected chi connectivity index (χ3v) is 3.84. The monoisotopic (exact) mass is 283 g/mol. The SMILES string of the molecule is CCOC(=O)c1c(CO)n(C)c2ccc3ccccc3c12. The number of benzene rings is 2. The Morgan fingerprint density at radius 3 is 2.71 bits per heavy atom. The molecule has 0 atom stereocenters. The van der Waals surface area contributed by atoms with Crippen LogP contribution in [0.4, 0.5) is 0 Å². The second-order valence-electron chi connectivity index (χ2n) is 4.94. The number of rotatable bonds is 3. The van der Waals surface area contributed by atoms with E-state index in [9.17, 15) is 9.90 Å². The Kier molecular flexibility index (Phi) is 3.39. The molecule has 0 unspecified atom stereocenters. The van der Waals surface area contributed by atoms with Gasteiger partial charge in [0.15, 0.2) is 0 Å². The summed E-state index contributed by atoms with van der Waals surface area (Å²) in [6.07, 6.45) is 0. The maximum absolute atomic E-state index is 12.3. The van der Waals surface area contributed by atoms with Crippen molar-refractivity contribution in [3.8, 4) is 0 Å². The van der Waals surface area contributed by atoms with Crippen molar-refractivity contribution in [1.29, 1.82) is 0 Å². The number of ether oxygens (including phenoxy) is 1. The summed E-state index contributed by atoms with van der Waals surface area (Å²) in [5, 5.41) is 12.6. The molecule has 0 aliphatic heterocycles. The predicted molar refractivity (Wildman–Crippen MR) is 82.3 cm³/mol. The van der Waals surface area contributed by atoms with Gasteiger partial charge < -0.3 is 14.4 Å². The number of aromatic nitrogens is 1. The van der Waals surface area contributed by atoms with E-state index in [1.165, 1.54) is 0 Å². The topological polar surface area (TPSA) is 51.5 Å². The molecule has 0 saturated heterocycles. The van der Waals surface area contributed by atoms with Gasteiger partial charge >= 0.3 is 5.97 Å². The third-order valence-electron chi connectivity index (χ3n) is 3.84. The van der Waals surface area contributed by atoms with E-state index in [2.05, 4.69) is 0 Å². The van der Waals surface area contributed by atoms with Gasteiger partial charge in [0.2, 0.25) is 0 Å². The van der Waals surface area contributed by atoms with E-state index in [4.69, 9.17) is 4.74 Å². The Bertz CT molecular complexity index is 833. The van der Waals surface area contributed by atoms with Crippen molar-refractivity contribution >= 4 is 27.6 Å². The van der Waals surface area contributed by atoms with Gasteiger partial charge in [-0.1, -0.05) is 30.3 Å². The summed E-state index contributed by atoms with van der Waals surface area (Å²) in [6, 6.07) is 11.9. The van der Waals surface area contributed by atoms with Gasteiger partial charge in [-0.25, -0.2) is 4.79 Å². The van der Waals surface area contributed by atoms with Gasteiger partial charge in [0.05, 0.1) is 24.5 Å². The van der Waals surface area contributed by atoms with E-state index < -0.39 is 0 Å². The van der Waals surface area contributed by atoms with Crippen LogP contribution in [0.2, 0.25) is 0 Å². The first-order valence-electron chi connectivity index (χ1n) is 6.96. The number of fused-ring (bicyclic) bond motifs is 3. The van der Waals surface area contributed by atoms with Gasteiger partial charge in [0, 0.05) is 18.0 Å². The lowest BCUT2D eigenvalue weighted by Crippen LogP contribution is -2.08. The Hall–Kier alpha value is -2.33. The van der Waals surface area contributed by atoms with Crippen molar-refractivity contribution in [3.63, 3.8) is 0 Å². The maximum Gasteiger partial charge on any atom is 0.340 e. The number of carbonyl (C=O) groups is 1. The highest BCUT2D eigenvalue weighted by Crippen LogP contribution is 2.32. The van der Waals surface area contributed by atoms with Crippen LogP contribution >= 0.6 is 0 Å². The van der Waals surface area contributed by atoms with Crippen molar-refractivity contribution in [2.24, 2.45) is 7.05 Å². The number of aryl methyl sites for hydroxylation is 1. The lowest BCUT2D eigenvalue weighted by atomic mass is 10.0. The fourth-order valence-corrected chi connectivity index (χ4v) is 2.87. The fourth-order valence-electron chi connectivity index (χ4n) is 2.87. The molecule has 1 aromatic heterocycles. The van der Waals surface area contributed by atoms with Crippen LogP contribution in [0.5, 0.6) is 0 Å². The molecule has 0 radical (unpaired) electrons. The molecule has 4 nitrogen and oxygen atoms in total. The summed E-state index contributed by atoms with van der Waals surface area (Å²) in [7, 11) is 1.85. The predicted octanol–water partition coefficient (Wildman–Crippen LogP) is 3.00. The molecule has 1 heterocycles. The highest BCUT2D eigenvalue weighted by molar-refractivity contribution is 6.17. The summed E-state index contributed by atoms with van der Waals surface area (Å²) in [4.78, 5) is 12.3. The van der Waals surface area contributed by atoms with Crippen molar-refractivity contribution < 1.29 is 14.6 Å². The van der Waals surface area contributed by atoms with Crippen molar-refractivity contribution in [2.75, 3.05) is 6.61 Å². The molecule has 0 aliphatic rings. The first kappa shape index (κ1) is 13.6. The number of carbonyl (C=O) groups excluding carboxylic acids is 1. The first-order valence-corrected chi connectivity index (χ1v) is 6.96. The van der Waals surface area contributed by atoms with Crippen LogP contribution < -0.4 is 0 Å². The second-order valence-corrected chi connectivity index (χ2v) is 4.94. The minimum absolute atomic E-state index is 0.201. The van der Waals surface area contributed by atoms with E-state index in [1.807, 2.05) is 48.0 Å². The summed E-state index contributed by atoms with van der Waals surface area (Å²) < 4.78 is 7.03. The zero-order valence-electron chi connectivity index (χ0n) is 12.1. The second kappa shape index (κ2) is 5.22. The lowest BCUT2D eigenvalue weighted by Gasteiger charge is -2.05. The van der Waals surface area contributed by atoms with E-state index in [-0.39, 0.29) is 12.6 Å². The Morgan fingerprint density at radius 2 is 2.00 bits per heavy atom. The molecule has 0 bridgehead atoms. The lowest BCUT2D eigenvalue weighted by molar-refractivity contribution is 0.0524. The van der Waals surface area contributed by atoms with Crippen LogP contribution in [0, 0.1) is 0 Å². The Balaban J connectivity index is 2.47. The van der Waals surface area contributed by atoms with Gasteiger partial charge in [0.1, 0.15) is 0 Å². The molecule has 4 heteroatoms. The van der Waals surface area contributed by atoms with Gasteiger partial charge in [-0.05, 0) is 23.8 Å². The molecular weight excluding hydrogens is 266 g/mol. The molecule has 0 spiro atoms. The van der Waals surface area contributed by atoms with Crippen LogP contribution in [-0.2, 0) is 18.4 Å². The Labute approximate surface area is 122 Å². The first-order chi connectivity index (χ1) is 10.2. The summed E-state index contributed by atoms with van der Waals surface area (Å²) in [5.74, 6) is -0.386. The van der Waals surface area contributed by atoms with E-state index >= 15 is 0 Å². The molecule has 2 aromatic carbocycles. The number of hydrogen-bond acceptors (Lipinski definition) is 3. The molecule has 108 valence electrons. The minimum atomic E-state index is -0.386. The maximum atomic E-state index is 12.3.